The van der Waals surface area contributed by atoms with Crippen molar-refractivity contribution in [3.8, 4) is 17.9 Å². The fourth-order valence-electron chi connectivity index (χ4n) is 1.80. The number of rotatable bonds is 3. The quantitative estimate of drug-likeness (QED) is 0.608. The lowest BCUT2D eigenvalue weighted by Gasteiger charge is -1.93. The normalized spacial score (nSPS) is 9.78. The van der Waals surface area contributed by atoms with Crippen LogP contribution in [-0.4, -0.2) is 9.38 Å². The highest BCUT2D eigenvalue weighted by atomic mass is 15.0. The van der Waals surface area contributed by atoms with E-state index in [2.05, 4.69) is 29.8 Å². The topological polar surface area (TPSA) is 41.1 Å². The largest absolute Gasteiger partial charge is 0.292 e. The Kier molecular flexibility index (Phi) is 3.99. The van der Waals surface area contributed by atoms with E-state index in [1.807, 2.05) is 28.8 Å². The summed E-state index contributed by atoms with van der Waals surface area (Å²) in [5.74, 6) is 6.20. The fourth-order valence-corrected chi connectivity index (χ4v) is 1.80. The van der Waals surface area contributed by atoms with E-state index in [-0.39, 0.29) is 0 Å². The number of nitrogens with zero attached hydrogens (tertiary/aromatic N) is 3. The number of unbranched alkanes of at least 4 members (excludes halogenated alkanes) is 3. The summed E-state index contributed by atoms with van der Waals surface area (Å²) in [6, 6.07) is 7.80. The third-order valence-corrected chi connectivity index (χ3v) is 2.75. The molecule has 0 amide bonds. The van der Waals surface area contributed by atoms with Crippen molar-refractivity contribution in [1.29, 1.82) is 5.26 Å². The van der Waals surface area contributed by atoms with Crippen LogP contribution in [0, 0.1) is 23.2 Å². The Hall–Kier alpha value is -2.26. The van der Waals surface area contributed by atoms with Gasteiger partial charge in [-0.3, -0.25) is 4.40 Å². The summed E-state index contributed by atoms with van der Waals surface area (Å²) in [5.41, 5.74) is 1.88. The molecule has 18 heavy (non-hydrogen) atoms. The molecule has 0 aliphatic rings. The second-order valence-electron chi connectivity index (χ2n) is 4.11. The Labute approximate surface area is 107 Å². The molecule has 2 heterocycles. The van der Waals surface area contributed by atoms with Gasteiger partial charge in [0.2, 0.25) is 0 Å². The molecule has 0 atom stereocenters. The Morgan fingerprint density at radius 1 is 1.33 bits per heavy atom. The van der Waals surface area contributed by atoms with Gasteiger partial charge in [0.25, 0.3) is 0 Å². The number of imidazole rings is 1. The molecular formula is C15H15N3. The molecule has 0 saturated heterocycles. The van der Waals surface area contributed by atoms with Gasteiger partial charge < -0.3 is 0 Å². The molecule has 0 N–H and O–H groups in total. The predicted molar refractivity (Wildman–Crippen MR) is 70.9 cm³/mol. The number of hydrogen-bond donors (Lipinski definition) is 0. The van der Waals surface area contributed by atoms with Crippen LogP contribution in [0.15, 0.2) is 24.4 Å². The molecule has 2 aromatic heterocycles. The smallest absolute Gasteiger partial charge is 0.175 e. The van der Waals surface area contributed by atoms with Crippen LogP contribution in [0.25, 0.3) is 5.65 Å². The molecule has 0 bridgehead atoms. The SMILES string of the molecule is CCCCCC#Cc1c(C#N)nc2ccccn12. The van der Waals surface area contributed by atoms with Crippen molar-refractivity contribution in [2.24, 2.45) is 0 Å². The minimum Gasteiger partial charge on any atom is -0.292 e. The van der Waals surface area contributed by atoms with E-state index in [1.54, 1.807) is 0 Å². The van der Waals surface area contributed by atoms with Gasteiger partial charge in [-0.1, -0.05) is 31.8 Å². The highest BCUT2D eigenvalue weighted by molar-refractivity contribution is 5.52. The summed E-state index contributed by atoms with van der Waals surface area (Å²) in [6.07, 6.45) is 6.27. The fraction of sp³-hybridized carbons (Fsp3) is 0.333. The van der Waals surface area contributed by atoms with Gasteiger partial charge in [0, 0.05) is 12.6 Å². The average molecular weight is 237 g/mol. The number of aromatic nitrogens is 2. The molecule has 3 heteroatoms. The number of nitriles is 1. The van der Waals surface area contributed by atoms with Gasteiger partial charge in [0.15, 0.2) is 5.69 Å². The maximum Gasteiger partial charge on any atom is 0.175 e. The molecule has 0 spiro atoms. The van der Waals surface area contributed by atoms with Gasteiger partial charge >= 0.3 is 0 Å². The van der Waals surface area contributed by atoms with E-state index in [0.29, 0.717) is 11.4 Å². The predicted octanol–water partition coefficient (Wildman–Crippen LogP) is 3.14. The molecule has 0 fully saturated rings. The first-order chi connectivity index (χ1) is 8.86. The van der Waals surface area contributed by atoms with Gasteiger partial charge in [-0.2, -0.15) is 5.26 Å². The molecule has 0 radical (unpaired) electrons. The minimum absolute atomic E-state index is 0.407. The van der Waals surface area contributed by atoms with Crippen LogP contribution >= 0.6 is 0 Å². The first-order valence-corrected chi connectivity index (χ1v) is 6.23. The molecule has 0 aliphatic heterocycles. The van der Waals surface area contributed by atoms with E-state index in [4.69, 9.17) is 5.26 Å². The van der Waals surface area contributed by atoms with E-state index in [1.165, 1.54) is 12.8 Å². The lowest BCUT2D eigenvalue weighted by atomic mass is 10.2. The van der Waals surface area contributed by atoms with Crippen LogP contribution in [0.5, 0.6) is 0 Å². The second-order valence-corrected chi connectivity index (χ2v) is 4.11. The average Bonchev–Trinajstić information content (AvgIpc) is 2.77. The van der Waals surface area contributed by atoms with Crippen LogP contribution in [-0.2, 0) is 0 Å². The summed E-state index contributed by atoms with van der Waals surface area (Å²) >= 11 is 0. The third kappa shape index (κ3) is 2.52. The first-order valence-electron chi connectivity index (χ1n) is 6.23. The summed E-state index contributed by atoms with van der Waals surface area (Å²) < 4.78 is 1.87. The Bertz CT molecular complexity index is 635. The maximum atomic E-state index is 9.07. The minimum atomic E-state index is 0.407. The van der Waals surface area contributed by atoms with Crippen molar-refractivity contribution in [1.82, 2.24) is 9.38 Å². The summed E-state index contributed by atoms with van der Waals surface area (Å²) in [6.45, 7) is 2.17. The van der Waals surface area contributed by atoms with Crippen LogP contribution < -0.4 is 0 Å². The van der Waals surface area contributed by atoms with E-state index in [9.17, 15) is 0 Å². The van der Waals surface area contributed by atoms with Gasteiger partial charge in [0.1, 0.15) is 17.4 Å². The molecule has 3 nitrogen and oxygen atoms in total. The molecule has 2 aromatic rings. The van der Waals surface area contributed by atoms with Crippen molar-refractivity contribution < 1.29 is 0 Å². The third-order valence-electron chi connectivity index (χ3n) is 2.75. The van der Waals surface area contributed by atoms with Crippen molar-refractivity contribution in [2.45, 2.75) is 32.6 Å². The molecule has 0 unspecified atom stereocenters. The van der Waals surface area contributed by atoms with Gasteiger partial charge in [-0.25, -0.2) is 4.98 Å². The molecule has 90 valence electrons. The van der Waals surface area contributed by atoms with Crippen molar-refractivity contribution in [3.63, 3.8) is 0 Å². The van der Waals surface area contributed by atoms with Crippen molar-refractivity contribution >= 4 is 5.65 Å². The second kappa shape index (κ2) is 5.89. The maximum absolute atomic E-state index is 9.07. The molecule has 0 aromatic carbocycles. The lowest BCUT2D eigenvalue weighted by molar-refractivity contribution is 0.737. The molecule has 0 saturated carbocycles. The van der Waals surface area contributed by atoms with Crippen molar-refractivity contribution in [2.75, 3.05) is 0 Å². The zero-order valence-electron chi connectivity index (χ0n) is 10.5. The highest BCUT2D eigenvalue weighted by Crippen LogP contribution is 2.10. The highest BCUT2D eigenvalue weighted by Gasteiger charge is 2.08. The molecule has 0 aliphatic carbocycles. The first kappa shape index (κ1) is 12.2. The Morgan fingerprint density at radius 2 is 2.22 bits per heavy atom. The summed E-state index contributed by atoms with van der Waals surface area (Å²) in [4.78, 5) is 4.25. The van der Waals surface area contributed by atoms with Crippen LogP contribution in [0.2, 0.25) is 0 Å². The number of hydrogen-bond acceptors (Lipinski definition) is 2. The summed E-state index contributed by atoms with van der Waals surface area (Å²) in [7, 11) is 0. The van der Waals surface area contributed by atoms with E-state index in [0.717, 1.165) is 18.5 Å². The van der Waals surface area contributed by atoms with Gasteiger partial charge in [-0.05, 0) is 24.5 Å². The zero-order valence-corrected chi connectivity index (χ0v) is 10.5. The summed E-state index contributed by atoms with van der Waals surface area (Å²) in [5, 5.41) is 9.07. The number of fused-ring (bicyclic) bond motifs is 1. The lowest BCUT2D eigenvalue weighted by Crippen LogP contribution is -1.88. The van der Waals surface area contributed by atoms with E-state index < -0.39 is 0 Å². The van der Waals surface area contributed by atoms with Gasteiger partial charge in [0.05, 0.1) is 0 Å². The monoisotopic (exact) mass is 237 g/mol. The molecule has 2 rings (SSSR count). The number of pyridine rings is 1. The Morgan fingerprint density at radius 3 is 3.00 bits per heavy atom. The van der Waals surface area contributed by atoms with Crippen LogP contribution in [0.3, 0.4) is 0 Å². The van der Waals surface area contributed by atoms with Crippen molar-refractivity contribution in [3.05, 3.63) is 35.8 Å². The zero-order chi connectivity index (χ0) is 12.8. The molecular weight excluding hydrogens is 222 g/mol. The van der Waals surface area contributed by atoms with Crippen LogP contribution in [0.1, 0.15) is 44.0 Å². The van der Waals surface area contributed by atoms with Gasteiger partial charge in [-0.15, -0.1) is 0 Å². The standard InChI is InChI=1S/C15H15N3/c1-2-3-4-5-6-9-14-13(12-16)17-15-10-7-8-11-18(14)15/h7-8,10-11H,2-5H2,1H3. The van der Waals surface area contributed by atoms with Crippen LogP contribution in [0.4, 0.5) is 0 Å². The Balaban J connectivity index is 2.29. The van der Waals surface area contributed by atoms with E-state index >= 15 is 0 Å².